The zero-order valence-corrected chi connectivity index (χ0v) is 10.5. The monoisotopic (exact) mass is 260 g/mol. The second-order valence-corrected chi connectivity index (χ2v) is 5.04. The van der Waals surface area contributed by atoms with E-state index in [0.29, 0.717) is 6.61 Å². The van der Waals surface area contributed by atoms with Gasteiger partial charge in [-0.3, -0.25) is 0 Å². The summed E-state index contributed by atoms with van der Waals surface area (Å²) >= 11 is 1.69. The second-order valence-electron chi connectivity index (χ2n) is 3.16. The second kappa shape index (κ2) is 7.63. The zero-order valence-electron chi connectivity index (χ0n) is 8.83. The molecule has 0 aromatic heterocycles. The van der Waals surface area contributed by atoms with Gasteiger partial charge >= 0.3 is 8.25 Å². The maximum Gasteiger partial charge on any atom is 0.694 e. The first-order valence-electron chi connectivity index (χ1n) is 4.96. The Labute approximate surface area is 100 Å². The highest BCUT2D eigenvalue weighted by Crippen LogP contribution is 2.25. The molecule has 1 rings (SSSR count). The minimum atomic E-state index is -2.45. The first-order chi connectivity index (χ1) is 7.70. The summed E-state index contributed by atoms with van der Waals surface area (Å²) in [7, 11) is -2.45. The summed E-state index contributed by atoms with van der Waals surface area (Å²) in [5, 5.41) is 0. The molecule has 0 spiro atoms. The Kier molecular flexibility index (Phi) is 6.42. The van der Waals surface area contributed by atoms with Gasteiger partial charge in [0.1, 0.15) is 6.61 Å². The maximum atomic E-state index is 10.2. The van der Waals surface area contributed by atoms with E-state index >= 15 is 0 Å². The van der Waals surface area contributed by atoms with Crippen LogP contribution in [0.3, 0.4) is 0 Å². The summed E-state index contributed by atoms with van der Waals surface area (Å²) in [5.74, 6) is 0.930. The smallest absolute Gasteiger partial charge is 0.398 e. The fourth-order valence-corrected chi connectivity index (χ4v) is 2.40. The Balaban J connectivity index is 2.12. The molecule has 6 heteroatoms. The number of hydrogen-bond donors (Lipinski definition) is 2. The molecule has 0 aliphatic rings. The Bertz CT molecular complexity index is 349. The predicted molar refractivity (Wildman–Crippen MR) is 66.6 cm³/mol. The molecule has 88 valence electrons. The third-order valence-electron chi connectivity index (χ3n) is 1.92. The standard InChI is InChI=1S/C10H14NO3PS/c11-9-5-1-2-6-10(9)16-8-4-3-7-14-15(12)13/h1-2,5-6H,3-4,7-8,11H2/p+1. The summed E-state index contributed by atoms with van der Waals surface area (Å²) in [6, 6.07) is 7.73. The van der Waals surface area contributed by atoms with E-state index in [1.54, 1.807) is 11.8 Å². The molecule has 0 aliphatic carbocycles. The minimum absolute atomic E-state index is 0.330. The number of nitrogens with two attached hydrogens (primary N) is 1. The molecular formula is C10H15NO3PS+. The highest BCUT2D eigenvalue weighted by molar-refractivity contribution is 7.99. The third kappa shape index (κ3) is 5.47. The zero-order chi connectivity index (χ0) is 11.8. The summed E-state index contributed by atoms with van der Waals surface area (Å²) in [4.78, 5) is 9.47. The van der Waals surface area contributed by atoms with Gasteiger partial charge in [-0.25, -0.2) is 0 Å². The molecule has 1 aromatic rings. The molecule has 1 atom stereocenters. The van der Waals surface area contributed by atoms with Crippen LogP contribution in [0.4, 0.5) is 5.69 Å². The van der Waals surface area contributed by atoms with Crippen molar-refractivity contribution in [1.29, 1.82) is 0 Å². The topological polar surface area (TPSA) is 72.5 Å². The Morgan fingerprint density at radius 2 is 2.12 bits per heavy atom. The lowest BCUT2D eigenvalue weighted by atomic mass is 10.3. The van der Waals surface area contributed by atoms with Gasteiger partial charge in [0.25, 0.3) is 0 Å². The molecule has 1 unspecified atom stereocenters. The molecule has 0 amide bonds. The third-order valence-corrected chi connectivity index (χ3v) is 3.50. The number of unbranched alkanes of at least 4 members (excludes halogenated alkanes) is 1. The van der Waals surface area contributed by atoms with Gasteiger partial charge in [0.2, 0.25) is 0 Å². The average Bonchev–Trinajstić information content (AvgIpc) is 2.25. The van der Waals surface area contributed by atoms with Crippen LogP contribution in [0.1, 0.15) is 12.8 Å². The number of hydrogen-bond acceptors (Lipinski definition) is 4. The lowest BCUT2D eigenvalue weighted by Crippen LogP contribution is -1.91. The van der Waals surface area contributed by atoms with Crippen molar-refractivity contribution in [3.05, 3.63) is 24.3 Å². The van der Waals surface area contributed by atoms with Gasteiger partial charge in [0, 0.05) is 15.1 Å². The van der Waals surface area contributed by atoms with Gasteiger partial charge in [0.05, 0.1) is 0 Å². The quantitative estimate of drug-likeness (QED) is 0.341. The largest absolute Gasteiger partial charge is 0.694 e. The molecule has 4 nitrogen and oxygen atoms in total. The van der Waals surface area contributed by atoms with Crippen LogP contribution in [0.25, 0.3) is 0 Å². The van der Waals surface area contributed by atoms with Crippen molar-refractivity contribution < 1.29 is 14.0 Å². The molecule has 0 heterocycles. The number of para-hydroxylation sites is 1. The van der Waals surface area contributed by atoms with Crippen molar-refractivity contribution in [3.63, 3.8) is 0 Å². The van der Waals surface area contributed by atoms with Gasteiger partial charge in [0.15, 0.2) is 0 Å². The van der Waals surface area contributed by atoms with Crippen molar-refractivity contribution in [2.45, 2.75) is 17.7 Å². The fourth-order valence-electron chi connectivity index (χ4n) is 1.14. The summed E-state index contributed by atoms with van der Waals surface area (Å²) in [6.45, 7) is 0.330. The van der Waals surface area contributed by atoms with Gasteiger partial charge in [-0.05, 0) is 30.7 Å². The molecule has 0 bridgehead atoms. The summed E-state index contributed by atoms with van der Waals surface area (Å²) in [6.07, 6.45) is 1.71. The van der Waals surface area contributed by atoms with Crippen molar-refractivity contribution >= 4 is 25.7 Å². The SMILES string of the molecule is Nc1ccccc1SCCCCO[P+](=O)O. The first-order valence-corrected chi connectivity index (χ1v) is 7.08. The van der Waals surface area contributed by atoms with E-state index in [2.05, 4.69) is 4.52 Å². The lowest BCUT2D eigenvalue weighted by Gasteiger charge is -2.03. The van der Waals surface area contributed by atoms with Crippen LogP contribution in [-0.4, -0.2) is 17.3 Å². The average molecular weight is 260 g/mol. The van der Waals surface area contributed by atoms with E-state index in [0.717, 1.165) is 29.2 Å². The van der Waals surface area contributed by atoms with Gasteiger partial charge in [-0.2, -0.15) is 0 Å². The van der Waals surface area contributed by atoms with E-state index in [9.17, 15) is 4.57 Å². The number of benzene rings is 1. The lowest BCUT2D eigenvalue weighted by molar-refractivity contribution is 0.277. The number of nitrogen functional groups attached to an aromatic ring is 1. The van der Waals surface area contributed by atoms with Gasteiger partial charge in [-0.1, -0.05) is 12.1 Å². The van der Waals surface area contributed by atoms with Crippen LogP contribution in [0.15, 0.2) is 29.2 Å². The first kappa shape index (κ1) is 13.5. The number of anilines is 1. The van der Waals surface area contributed by atoms with E-state index in [-0.39, 0.29) is 0 Å². The van der Waals surface area contributed by atoms with Crippen LogP contribution in [0.5, 0.6) is 0 Å². The molecular weight excluding hydrogens is 245 g/mol. The number of rotatable bonds is 7. The highest BCUT2D eigenvalue weighted by Gasteiger charge is 2.10. The van der Waals surface area contributed by atoms with E-state index in [1.807, 2.05) is 24.3 Å². The molecule has 3 N–H and O–H groups in total. The maximum absolute atomic E-state index is 10.2. The molecule has 0 saturated carbocycles. The Morgan fingerprint density at radius 3 is 2.81 bits per heavy atom. The fraction of sp³-hybridized carbons (Fsp3) is 0.400. The molecule has 0 saturated heterocycles. The number of thioether (sulfide) groups is 1. The van der Waals surface area contributed by atoms with Crippen molar-refractivity contribution in [2.75, 3.05) is 18.1 Å². The van der Waals surface area contributed by atoms with E-state index < -0.39 is 8.25 Å². The molecule has 1 aromatic carbocycles. The van der Waals surface area contributed by atoms with Crippen molar-refractivity contribution in [3.8, 4) is 0 Å². The van der Waals surface area contributed by atoms with E-state index in [1.165, 1.54) is 0 Å². The highest BCUT2D eigenvalue weighted by atomic mass is 32.2. The molecule has 0 fully saturated rings. The molecule has 0 aliphatic heterocycles. The van der Waals surface area contributed by atoms with Crippen molar-refractivity contribution in [1.82, 2.24) is 0 Å². The van der Waals surface area contributed by atoms with Crippen LogP contribution < -0.4 is 5.73 Å². The van der Waals surface area contributed by atoms with Crippen molar-refractivity contribution in [2.24, 2.45) is 0 Å². The predicted octanol–water partition coefficient (Wildman–Crippen LogP) is 2.81. The molecule has 0 radical (unpaired) electrons. The minimum Gasteiger partial charge on any atom is -0.398 e. The van der Waals surface area contributed by atoms with Crippen LogP contribution in [-0.2, 0) is 9.09 Å². The van der Waals surface area contributed by atoms with Gasteiger partial charge in [-0.15, -0.1) is 21.2 Å². The normalized spacial score (nSPS) is 11.4. The Morgan fingerprint density at radius 1 is 1.38 bits per heavy atom. The van der Waals surface area contributed by atoms with Gasteiger partial charge < -0.3 is 5.73 Å². The van der Waals surface area contributed by atoms with Crippen LogP contribution in [0.2, 0.25) is 0 Å². The van der Waals surface area contributed by atoms with E-state index in [4.69, 9.17) is 10.6 Å². The summed E-state index contributed by atoms with van der Waals surface area (Å²) < 4.78 is 14.8. The molecule has 16 heavy (non-hydrogen) atoms. The Hall–Kier alpha value is -0.610. The van der Waals surface area contributed by atoms with Crippen LogP contribution >= 0.6 is 20.0 Å². The van der Waals surface area contributed by atoms with Crippen LogP contribution in [0, 0.1) is 0 Å². The summed E-state index contributed by atoms with van der Waals surface area (Å²) in [5.41, 5.74) is 6.58.